The van der Waals surface area contributed by atoms with Crippen molar-refractivity contribution >= 4 is 29.4 Å². The summed E-state index contributed by atoms with van der Waals surface area (Å²) in [4.78, 5) is 48.0. The van der Waals surface area contributed by atoms with Crippen LogP contribution in [0.3, 0.4) is 0 Å². The van der Waals surface area contributed by atoms with Gasteiger partial charge in [-0.1, -0.05) is 42.5 Å². The first-order valence-electron chi connectivity index (χ1n) is 11.7. The molecule has 0 spiro atoms. The van der Waals surface area contributed by atoms with Gasteiger partial charge in [0.1, 0.15) is 24.6 Å². The van der Waals surface area contributed by atoms with E-state index in [1.807, 2.05) is 0 Å². The third-order valence-corrected chi connectivity index (χ3v) is 5.41. The number of hydrogen-bond acceptors (Lipinski definition) is 7. The number of ether oxygens (including phenoxy) is 2. The van der Waals surface area contributed by atoms with Crippen molar-refractivity contribution in [2.45, 2.75) is 26.4 Å². The van der Waals surface area contributed by atoms with E-state index < -0.39 is 11.6 Å². The third-order valence-electron chi connectivity index (χ3n) is 5.41. The van der Waals surface area contributed by atoms with Crippen molar-refractivity contribution < 1.29 is 33.8 Å². The van der Waals surface area contributed by atoms with Crippen molar-refractivity contribution in [2.75, 3.05) is 13.2 Å². The summed E-state index contributed by atoms with van der Waals surface area (Å²) in [7, 11) is 0. The number of rotatable bonds is 11. The van der Waals surface area contributed by atoms with E-state index in [-0.39, 0.29) is 30.6 Å². The van der Waals surface area contributed by atoms with Crippen molar-refractivity contribution in [3.63, 3.8) is 0 Å². The zero-order valence-corrected chi connectivity index (χ0v) is 20.9. The van der Waals surface area contributed by atoms with Gasteiger partial charge in [0.25, 0.3) is 0 Å². The lowest BCUT2D eigenvalue weighted by atomic mass is 9.97. The van der Waals surface area contributed by atoms with Crippen LogP contribution in [0.4, 0.5) is 0 Å². The van der Waals surface area contributed by atoms with Gasteiger partial charge < -0.3 is 14.6 Å². The fraction of sp³-hybridized carbons (Fsp3) is 0.200. The van der Waals surface area contributed by atoms with E-state index in [9.17, 15) is 24.3 Å². The second-order valence-electron chi connectivity index (χ2n) is 8.85. The average Bonchev–Trinajstić information content (AvgIpc) is 2.89. The van der Waals surface area contributed by atoms with Gasteiger partial charge in [-0.25, -0.2) is 4.79 Å². The number of aliphatic hydroxyl groups is 1. The Kier molecular flexibility index (Phi) is 8.87. The molecule has 3 aromatic carbocycles. The van der Waals surface area contributed by atoms with Crippen LogP contribution in [0.15, 0.2) is 78.9 Å². The van der Waals surface area contributed by atoms with Crippen molar-refractivity contribution in [1.29, 1.82) is 0 Å². The van der Waals surface area contributed by atoms with E-state index in [1.54, 1.807) is 78.9 Å². The van der Waals surface area contributed by atoms with Gasteiger partial charge in [-0.2, -0.15) is 0 Å². The molecule has 1 N–H and O–H groups in total. The number of hydrogen-bond donors (Lipinski definition) is 1. The molecule has 7 heteroatoms. The van der Waals surface area contributed by atoms with Gasteiger partial charge in [-0.15, -0.1) is 0 Å². The number of allylic oxidation sites excluding steroid dienone is 1. The predicted molar refractivity (Wildman–Crippen MR) is 139 cm³/mol. The standard InChI is InChI=1S/C30H28O7/c1-20(31)22-9-11-23(12-10-22)27(32)17-6-21-4-7-25(8-5-21)29(34)37-19-18-36-26-15-13-24(14-16-26)28(33)30(2,3)35/h4-17,35H,18-19H2,1-3H3/b17-6+. The summed E-state index contributed by atoms with van der Waals surface area (Å²) in [5.74, 6) is -0.650. The molecule has 0 unspecified atom stereocenters. The number of Topliss-reactive ketones (excluding diaryl/α,β-unsaturated/α-hetero) is 2. The molecule has 0 saturated heterocycles. The molecule has 0 fully saturated rings. The summed E-state index contributed by atoms with van der Waals surface area (Å²) in [5.41, 5.74) is 1.04. The van der Waals surface area contributed by atoms with Crippen LogP contribution in [-0.2, 0) is 4.74 Å². The largest absolute Gasteiger partial charge is 0.490 e. The maximum atomic E-state index is 12.3. The number of ketones is 3. The minimum absolute atomic E-state index is 0.0295. The molecule has 0 bridgehead atoms. The Morgan fingerprint density at radius 1 is 0.757 bits per heavy atom. The molecule has 0 amide bonds. The molecule has 0 aliphatic rings. The predicted octanol–water partition coefficient (Wildman–Crippen LogP) is 4.97. The molecule has 3 rings (SSSR count). The Hall–Kier alpha value is -4.36. The van der Waals surface area contributed by atoms with Crippen LogP contribution in [0.2, 0.25) is 0 Å². The first kappa shape index (κ1) is 27.2. The summed E-state index contributed by atoms with van der Waals surface area (Å²) < 4.78 is 10.8. The first-order valence-corrected chi connectivity index (χ1v) is 11.7. The highest BCUT2D eigenvalue weighted by molar-refractivity contribution is 6.07. The van der Waals surface area contributed by atoms with Crippen molar-refractivity contribution in [3.8, 4) is 5.75 Å². The minimum Gasteiger partial charge on any atom is -0.490 e. The van der Waals surface area contributed by atoms with Gasteiger partial charge in [0.05, 0.1) is 5.56 Å². The Balaban J connectivity index is 1.45. The molecule has 7 nitrogen and oxygen atoms in total. The second kappa shape index (κ2) is 12.1. The Bertz CT molecular complexity index is 1290. The van der Waals surface area contributed by atoms with Crippen molar-refractivity contribution in [1.82, 2.24) is 0 Å². The SMILES string of the molecule is CC(=O)c1ccc(C(=O)/C=C/c2ccc(C(=O)OCCOc3ccc(C(=O)C(C)(C)O)cc3)cc2)cc1. The lowest BCUT2D eigenvalue weighted by molar-refractivity contribution is 0.0449. The molecule has 0 aliphatic heterocycles. The maximum Gasteiger partial charge on any atom is 0.338 e. The van der Waals surface area contributed by atoms with E-state index in [0.717, 1.165) is 5.56 Å². The fourth-order valence-electron chi connectivity index (χ4n) is 3.30. The van der Waals surface area contributed by atoms with Crippen LogP contribution < -0.4 is 4.74 Å². The summed E-state index contributed by atoms with van der Waals surface area (Å²) in [6, 6.07) is 19.4. The monoisotopic (exact) mass is 500 g/mol. The number of carbonyl (C=O) groups is 4. The third kappa shape index (κ3) is 7.81. The van der Waals surface area contributed by atoms with Gasteiger partial charge in [0.15, 0.2) is 17.3 Å². The lowest BCUT2D eigenvalue weighted by Gasteiger charge is -2.15. The van der Waals surface area contributed by atoms with Crippen molar-refractivity contribution in [2.24, 2.45) is 0 Å². The van der Waals surface area contributed by atoms with E-state index in [2.05, 4.69) is 0 Å². The van der Waals surface area contributed by atoms with E-state index in [4.69, 9.17) is 9.47 Å². The highest BCUT2D eigenvalue weighted by Gasteiger charge is 2.24. The minimum atomic E-state index is -1.45. The van der Waals surface area contributed by atoms with Crippen LogP contribution >= 0.6 is 0 Å². The van der Waals surface area contributed by atoms with E-state index in [1.165, 1.54) is 26.8 Å². The lowest BCUT2D eigenvalue weighted by Crippen LogP contribution is -2.30. The maximum absolute atomic E-state index is 12.3. The van der Waals surface area contributed by atoms with Crippen LogP contribution in [-0.4, -0.2) is 47.2 Å². The summed E-state index contributed by atoms with van der Waals surface area (Å²) in [5, 5.41) is 9.80. The zero-order chi connectivity index (χ0) is 27.0. The average molecular weight is 501 g/mol. The highest BCUT2D eigenvalue weighted by Crippen LogP contribution is 2.17. The Morgan fingerprint density at radius 2 is 1.30 bits per heavy atom. The van der Waals surface area contributed by atoms with Gasteiger partial charge in [0, 0.05) is 16.7 Å². The highest BCUT2D eigenvalue weighted by atomic mass is 16.6. The smallest absolute Gasteiger partial charge is 0.338 e. The van der Waals surface area contributed by atoms with Crippen LogP contribution in [0.25, 0.3) is 6.08 Å². The summed E-state index contributed by atoms with van der Waals surface area (Å²) in [6.45, 7) is 4.48. The number of esters is 1. The molecule has 37 heavy (non-hydrogen) atoms. The van der Waals surface area contributed by atoms with Crippen LogP contribution in [0, 0.1) is 0 Å². The zero-order valence-electron chi connectivity index (χ0n) is 20.9. The molecule has 190 valence electrons. The van der Waals surface area contributed by atoms with Crippen LogP contribution in [0.5, 0.6) is 5.75 Å². The topological polar surface area (TPSA) is 107 Å². The molecule has 0 aliphatic carbocycles. The molecule has 0 heterocycles. The normalized spacial score (nSPS) is 11.2. The second-order valence-corrected chi connectivity index (χ2v) is 8.85. The fourth-order valence-corrected chi connectivity index (χ4v) is 3.30. The molecule has 0 saturated carbocycles. The van der Waals surface area contributed by atoms with Crippen molar-refractivity contribution in [3.05, 3.63) is 107 Å². The molecule has 0 radical (unpaired) electrons. The quantitative estimate of drug-likeness (QED) is 0.171. The van der Waals surface area contributed by atoms with Gasteiger partial charge in [-0.05, 0) is 68.8 Å². The number of benzene rings is 3. The first-order chi connectivity index (χ1) is 17.5. The Labute approximate surface area is 215 Å². The molecule has 0 atom stereocenters. The summed E-state index contributed by atoms with van der Waals surface area (Å²) in [6.07, 6.45) is 3.07. The summed E-state index contributed by atoms with van der Waals surface area (Å²) >= 11 is 0. The molecular weight excluding hydrogens is 472 g/mol. The van der Waals surface area contributed by atoms with Gasteiger partial charge in [0.2, 0.25) is 0 Å². The van der Waals surface area contributed by atoms with Crippen LogP contribution in [0.1, 0.15) is 67.8 Å². The van der Waals surface area contributed by atoms with Gasteiger partial charge >= 0.3 is 5.97 Å². The Morgan fingerprint density at radius 3 is 1.86 bits per heavy atom. The number of carbonyl (C=O) groups excluding carboxylic acids is 4. The molecule has 3 aromatic rings. The molecule has 0 aromatic heterocycles. The van der Waals surface area contributed by atoms with Gasteiger partial charge in [-0.3, -0.25) is 14.4 Å². The van der Waals surface area contributed by atoms with E-state index >= 15 is 0 Å². The van der Waals surface area contributed by atoms with E-state index in [0.29, 0.717) is 28.0 Å². The molecular formula is C30H28O7.